The number of nitrogens with one attached hydrogen (secondary N) is 9. The summed E-state index contributed by atoms with van der Waals surface area (Å²) in [4.78, 5) is 132. The van der Waals surface area contributed by atoms with Gasteiger partial charge in [0.25, 0.3) is 5.91 Å². The predicted octanol–water partition coefficient (Wildman–Crippen LogP) is 8.85. The van der Waals surface area contributed by atoms with Gasteiger partial charge >= 0.3 is 0 Å². The van der Waals surface area contributed by atoms with Crippen molar-refractivity contribution in [1.82, 2.24) is 62.6 Å². The molecule has 17 N–H and O–H groups in total. The fraction of sp³-hybridized carbons (Fsp3) is 0.361. The third-order valence-corrected chi connectivity index (χ3v) is 24.2. The zero-order chi connectivity index (χ0) is 95.5. The summed E-state index contributed by atoms with van der Waals surface area (Å²) in [5, 5.41) is 121. The molecule has 13 atom stereocenters. The van der Waals surface area contributed by atoms with Gasteiger partial charge in [0.05, 0.1) is 29.3 Å². The monoisotopic (exact) mass is 1880 g/mol. The second-order valence-electron chi connectivity index (χ2n) is 34.1. The van der Waals surface area contributed by atoms with Crippen molar-refractivity contribution in [3.05, 3.63) is 224 Å². The summed E-state index contributed by atoms with van der Waals surface area (Å²) in [6.07, 6.45) is -5.99. The van der Waals surface area contributed by atoms with Gasteiger partial charge in [0, 0.05) is 61.4 Å². The molecular formula is C97H108Cl2N12O23. The highest BCUT2D eigenvalue weighted by Gasteiger charge is 2.50. The van der Waals surface area contributed by atoms with Gasteiger partial charge in [-0.2, -0.15) is 0 Å². The highest BCUT2D eigenvalue weighted by Crippen LogP contribution is 2.50. The van der Waals surface area contributed by atoms with E-state index in [2.05, 4.69) is 47.9 Å². The Morgan fingerprint density at radius 1 is 0.500 bits per heavy atom. The number of likely N-dealkylation sites (N-methyl/N-ethyl adjacent to an activating group) is 1. The molecule has 0 radical (unpaired) electrons. The van der Waals surface area contributed by atoms with Crippen molar-refractivity contribution in [1.29, 1.82) is 0 Å². The summed E-state index contributed by atoms with van der Waals surface area (Å²) in [6, 6.07) is 22.6. The van der Waals surface area contributed by atoms with Crippen LogP contribution in [0.15, 0.2) is 164 Å². The Hall–Kier alpha value is -13.2. The first-order valence-corrected chi connectivity index (χ1v) is 44.8. The van der Waals surface area contributed by atoms with Crippen LogP contribution in [-0.2, 0) is 62.6 Å². The number of unbranched alkanes of at least 4 members (excludes halogenated alkanes) is 2. The van der Waals surface area contributed by atoms with E-state index in [1.165, 1.54) is 60.7 Å². The van der Waals surface area contributed by atoms with E-state index in [9.17, 15) is 50.4 Å². The van der Waals surface area contributed by atoms with E-state index in [0.29, 0.717) is 61.8 Å². The fourth-order valence-corrected chi connectivity index (χ4v) is 16.8. The number of phenolic OH excluding ortho intramolecular Hbond substituents is 5. The fourth-order valence-electron chi connectivity index (χ4n) is 16.3. The summed E-state index contributed by atoms with van der Waals surface area (Å²) >= 11 is 14.5. The van der Waals surface area contributed by atoms with Crippen LogP contribution in [0.4, 0.5) is 0 Å². The molecule has 1 saturated heterocycles. The summed E-state index contributed by atoms with van der Waals surface area (Å²) in [5.74, 6) is -13.6. The van der Waals surface area contributed by atoms with Gasteiger partial charge in [0.2, 0.25) is 53.4 Å². The molecule has 7 aliphatic heterocycles. The van der Waals surface area contributed by atoms with Crippen molar-refractivity contribution in [2.24, 2.45) is 0 Å². The number of hydrogen-bond acceptors (Lipinski definition) is 27. The lowest BCUT2D eigenvalue weighted by molar-refractivity contribution is -0.235. The van der Waals surface area contributed by atoms with Gasteiger partial charge in [-0.25, -0.2) is 0 Å². The Labute approximate surface area is 782 Å². The second kappa shape index (κ2) is 43.2. The molecule has 0 aliphatic carbocycles. The number of ether oxygens (including phenoxy) is 7. The Morgan fingerprint density at radius 3 is 1.75 bits per heavy atom. The molecular weight excluding hydrogens is 1770 g/mol. The van der Waals surface area contributed by atoms with Gasteiger partial charge in [-0.3, -0.25) is 43.3 Å². The van der Waals surface area contributed by atoms with Gasteiger partial charge in [-0.1, -0.05) is 104 Å². The molecule has 1 fully saturated rings. The van der Waals surface area contributed by atoms with Crippen LogP contribution in [0.2, 0.25) is 10.0 Å². The highest BCUT2D eigenvalue weighted by molar-refractivity contribution is 6.33. The van der Waals surface area contributed by atoms with Crippen molar-refractivity contribution in [2.75, 3.05) is 74.6 Å². The first-order chi connectivity index (χ1) is 64.3. The molecule has 0 saturated carbocycles. The Kier molecular flexibility index (Phi) is 31.2. The number of benzene rings is 9. The maximum absolute atomic E-state index is 16.9. The first kappa shape index (κ1) is 96.8. The van der Waals surface area contributed by atoms with Crippen LogP contribution in [0.5, 0.6) is 80.5 Å². The normalized spacial score (nSPS) is 21.7. The average molecular weight is 1880 g/mol. The lowest BCUT2D eigenvalue weighted by atomic mass is 9.89. The summed E-state index contributed by atoms with van der Waals surface area (Å²) < 4.78 is 45.9. The van der Waals surface area contributed by atoms with Crippen molar-refractivity contribution in [3.8, 4) is 91.6 Å². The molecule has 0 aromatic heterocycles. The van der Waals surface area contributed by atoms with Crippen molar-refractivity contribution in [2.45, 2.75) is 151 Å². The van der Waals surface area contributed by atoms with Crippen molar-refractivity contribution in [3.63, 3.8) is 0 Å². The Morgan fingerprint density at radius 2 is 1.09 bits per heavy atom. The number of carbonyl (C=O) groups excluding carboxylic acids is 8. The summed E-state index contributed by atoms with van der Waals surface area (Å²) in [7, 11) is 8.97. The Bertz CT molecular complexity index is 5820. The van der Waals surface area contributed by atoms with E-state index in [0.717, 1.165) is 73.7 Å². The molecule has 17 bridgehead atoms. The number of aliphatic hydroxyl groups is 3. The van der Waals surface area contributed by atoms with Gasteiger partial charge in [0.1, 0.15) is 112 Å². The molecule has 8 amide bonds. The smallest absolute Gasteiger partial charge is 0.252 e. The number of amides is 8. The lowest BCUT2D eigenvalue weighted by Crippen LogP contribution is -2.66. The number of nitrogens with zero attached hydrogens (tertiary/aromatic N) is 3. The predicted molar refractivity (Wildman–Crippen MR) is 491 cm³/mol. The van der Waals surface area contributed by atoms with E-state index in [1.807, 2.05) is 64.0 Å². The molecule has 9 aromatic rings. The second-order valence-corrected chi connectivity index (χ2v) is 34.8. The number of fused-ring (bicyclic) bond motifs is 14. The number of rotatable bonds is 26. The zero-order valence-corrected chi connectivity index (χ0v) is 76.0. The molecule has 35 nitrogen and oxygen atoms in total. The molecule has 16 rings (SSSR count). The molecule has 9 aromatic carbocycles. The quantitative estimate of drug-likeness (QED) is 0.0225. The molecule has 12 unspecified atom stereocenters. The minimum atomic E-state index is -2.35. The minimum Gasteiger partial charge on any atom is -0.508 e. The van der Waals surface area contributed by atoms with Gasteiger partial charge in [-0.15, -0.1) is 0 Å². The van der Waals surface area contributed by atoms with Crippen molar-refractivity contribution >= 4 is 70.5 Å². The van der Waals surface area contributed by atoms with E-state index in [1.54, 1.807) is 60.5 Å². The first-order valence-electron chi connectivity index (χ1n) is 44.0. The molecule has 708 valence electrons. The number of aliphatic hydroxyl groups excluding tert-OH is 3. The van der Waals surface area contributed by atoms with Crippen LogP contribution in [-0.4, -0.2) is 220 Å². The molecule has 7 heterocycles. The third-order valence-electron chi connectivity index (χ3n) is 23.5. The highest BCUT2D eigenvalue weighted by atomic mass is 35.5. The van der Waals surface area contributed by atoms with Crippen LogP contribution < -0.4 is 76.3 Å². The summed E-state index contributed by atoms with van der Waals surface area (Å²) in [6.45, 7) is 6.18. The number of carbonyl (C=O) groups is 8. The molecule has 0 spiro atoms. The maximum atomic E-state index is 16.9. The largest absolute Gasteiger partial charge is 0.508 e. The number of aromatic hydroxyl groups is 5. The Balaban J connectivity index is 0.978. The topological polar surface area (TPSA) is 481 Å². The standard InChI is InChI=1S/C97H108Cl2N12O23/c1-8-10-36-128-58-23-16-51(17-24-58)48-102-82-85(118)86(119)88(96(127)101-33-13-35-110(5)6)134-97(82)133-87-73-42-56-43-74(87)132-71-31-22-55(40-65(71)98)84(117)81-94(125)107-79(90(121)100-32-12-34-109(3)4)63-44-57(112)45-69(115)75(63)62-39-53(20-29-67(62)113)77(91(122)108-81)104-92(123)78(56)105-93(124)80-64-46-61(47-70(116)76(64)99)131-72-41-54(21-30-68(72)114)83(111(7)49-52-18-25-59(26-19-52)129-37-11-9-2)95(126)103-66(89(120)106-80)38-50-14-27-60(130-73)28-15-50/h14-31,39-47,66,77-86,88,97,102,112-119H,8-13,32-38,48-49H2,1-7H3,(H,100,121)(H,101,127)(H,103,126)(H,104,123)(H,105,124)(H,106,120)(H,107,125)(H,108,122)/t66?,77?,78?,79-,80?,81?,82?,83?,84?,85?,86?,88?,97?/m1/s1. The van der Waals surface area contributed by atoms with Crippen LogP contribution >= 0.6 is 23.2 Å². The van der Waals surface area contributed by atoms with Gasteiger partial charge in [0.15, 0.2) is 29.1 Å². The molecule has 7 aliphatic rings. The van der Waals surface area contributed by atoms with Crippen LogP contribution in [0.1, 0.15) is 139 Å². The van der Waals surface area contributed by atoms with Crippen molar-refractivity contribution < 1.29 is 112 Å². The average Bonchev–Trinajstić information content (AvgIpc) is 0.760. The van der Waals surface area contributed by atoms with Gasteiger partial charge in [-0.05, 0) is 216 Å². The maximum Gasteiger partial charge on any atom is 0.252 e. The molecule has 37 heteroatoms. The zero-order valence-electron chi connectivity index (χ0n) is 74.5. The summed E-state index contributed by atoms with van der Waals surface area (Å²) in [5.41, 5.74) is -0.472. The minimum absolute atomic E-state index is 0.00652. The van der Waals surface area contributed by atoms with Crippen LogP contribution in [0.25, 0.3) is 11.1 Å². The SMILES string of the molecule is CCCCOc1ccc(CNC2C(Oc3c4cc5cc3Oc3ccc(cc3Cl)C(O)C3NC(=O)C(NC(=O)C5NC(=O)C5NC(=O)C(Cc6ccc(cc6)O4)NC(=O)C(N(C)Cc4ccc(OCCCC)cc4)c4ccc(O)c(c4)Oc4cc(O)c(Cl)c5c4)c4ccc(O)c(c4)-c4c(O)cc(O)cc4[C@H](C(=O)NCCCN(C)C)NC3=O)OC(C(=O)NCCCN(C)C)C(O)C2O)cc1. The number of halogens is 2. The van der Waals surface area contributed by atoms with E-state index >= 15 is 28.8 Å². The molecule has 134 heavy (non-hydrogen) atoms. The number of hydrogen-bond donors (Lipinski definition) is 17. The van der Waals surface area contributed by atoms with E-state index < -0.39 is 188 Å². The van der Waals surface area contributed by atoms with Crippen LogP contribution in [0.3, 0.4) is 0 Å². The van der Waals surface area contributed by atoms with Gasteiger partial charge < -0.3 is 132 Å². The number of phenols is 5. The lowest BCUT2D eigenvalue weighted by Gasteiger charge is -2.42. The van der Waals surface area contributed by atoms with E-state index in [-0.39, 0.29) is 94.0 Å². The third kappa shape index (κ3) is 22.8. The van der Waals surface area contributed by atoms with Crippen LogP contribution in [0, 0.1) is 0 Å². The van der Waals surface area contributed by atoms with E-state index in [4.69, 9.17) is 56.4 Å².